The SMILES string of the molecule is Cc1onc(-c2c(F)cccc2Cl)c1C(=O)Nc1ccc(NC(=O)N2CCCCCC2)cc1. The predicted molar refractivity (Wildman–Crippen MR) is 125 cm³/mol. The zero-order valence-corrected chi connectivity index (χ0v) is 18.9. The van der Waals surface area contributed by atoms with Crippen molar-refractivity contribution in [2.45, 2.75) is 32.6 Å². The smallest absolute Gasteiger partial charge is 0.321 e. The number of likely N-dealkylation sites (tertiary alicyclic amines) is 1. The molecule has 4 rings (SSSR count). The standard InChI is InChI=1S/C24H24ClFN4O3/c1-15-20(22(29-33-15)21-18(25)7-6-8-19(21)26)23(31)27-16-9-11-17(12-10-16)28-24(32)30-13-4-2-3-5-14-30/h6-12H,2-5,13-14H2,1H3,(H,27,31)(H,28,32). The van der Waals surface area contributed by atoms with Crippen LogP contribution in [0.15, 0.2) is 47.0 Å². The van der Waals surface area contributed by atoms with Gasteiger partial charge in [0.25, 0.3) is 5.91 Å². The van der Waals surface area contributed by atoms with E-state index in [1.807, 2.05) is 4.90 Å². The molecule has 0 aliphatic carbocycles. The first-order valence-electron chi connectivity index (χ1n) is 10.8. The average molecular weight is 471 g/mol. The molecule has 3 aromatic rings. The van der Waals surface area contributed by atoms with Crippen molar-refractivity contribution in [3.63, 3.8) is 0 Å². The molecule has 0 saturated carbocycles. The van der Waals surface area contributed by atoms with E-state index in [0.717, 1.165) is 38.8 Å². The molecule has 0 unspecified atom stereocenters. The number of aryl methyl sites for hydroxylation is 1. The monoisotopic (exact) mass is 470 g/mol. The molecule has 9 heteroatoms. The van der Waals surface area contributed by atoms with Crippen LogP contribution in [0.4, 0.5) is 20.6 Å². The van der Waals surface area contributed by atoms with Crippen LogP contribution in [0.25, 0.3) is 11.3 Å². The lowest BCUT2D eigenvalue weighted by Crippen LogP contribution is -2.35. The second kappa shape index (κ2) is 10.0. The number of benzene rings is 2. The minimum Gasteiger partial charge on any atom is -0.360 e. The number of amides is 3. The summed E-state index contributed by atoms with van der Waals surface area (Å²) in [6.07, 6.45) is 4.32. The molecule has 0 spiro atoms. The van der Waals surface area contributed by atoms with E-state index in [0.29, 0.717) is 11.4 Å². The molecule has 0 atom stereocenters. The minimum atomic E-state index is -0.602. The lowest BCUT2D eigenvalue weighted by molar-refractivity contribution is 0.102. The Labute approximate surface area is 195 Å². The molecule has 2 heterocycles. The first-order valence-corrected chi connectivity index (χ1v) is 11.2. The molecule has 7 nitrogen and oxygen atoms in total. The van der Waals surface area contributed by atoms with Gasteiger partial charge in [-0.2, -0.15) is 0 Å². The van der Waals surface area contributed by atoms with Crippen molar-refractivity contribution in [1.29, 1.82) is 0 Å². The fourth-order valence-electron chi connectivity index (χ4n) is 3.84. The Morgan fingerprint density at radius 1 is 1.00 bits per heavy atom. The average Bonchev–Trinajstić information content (AvgIpc) is 2.99. The first kappa shape index (κ1) is 22.8. The van der Waals surface area contributed by atoms with Gasteiger partial charge in [-0.3, -0.25) is 4.79 Å². The van der Waals surface area contributed by atoms with Gasteiger partial charge in [-0.15, -0.1) is 0 Å². The topological polar surface area (TPSA) is 87.5 Å². The van der Waals surface area contributed by atoms with E-state index < -0.39 is 11.7 Å². The molecule has 3 amide bonds. The minimum absolute atomic E-state index is 0.00717. The van der Waals surface area contributed by atoms with Crippen LogP contribution >= 0.6 is 11.6 Å². The number of anilines is 2. The Balaban J connectivity index is 1.47. The number of nitrogens with zero attached hydrogens (tertiary/aromatic N) is 2. The van der Waals surface area contributed by atoms with Crippen molar-refractivity contribution < 1.29 is 18.5 Å². The maximum Gasteiger partial charge on any atom is 0.321 e. The Morgan fingerprint density at radius 3 is 2.27 bits per heavy atom. The largest absolute Gasteiger partial charge is 0.360 e. The van der Waals surface area contributed by atoms with Crippen LogP contribution in [-0.4, -0.2) is 35.1 Å². The van der Waals surface area contributed by atoms with Gasteiger partial charge in [-0.05, 0) is 56.2 Å². The number of carbonyl (C=O) groups excluding carboxylic acids is 2. The van der Waals surface area contributed by atoms with Gasteiger partial charge < -0.3 is 20.1 Å². The number of hydrogen-bond acceptors (Lipinski definition) is 4. The highest BCUT2D eigenvalue weighted by Gasteiger charge is 2.25. The van der Waals surface area contributed by atoms with Crippen LogP contribution in [0.5, 0.6) is 0 Å². The van der Waals surface area contributed by atoms with Crippen molar-refractivity contribution in [1.82, 2.24) is 10.1 Å². The van der Waals surface area contributed by atoms with Gasteiger partial charge in [0.1, 0.15) is 22.8 Å². The predicted octanol–water partition coefficient (Wildman–Crippen LogP) is 6.10. The molecular weight excluding hydrogens is 447 g/mol. The van der Waals surface area contributed by atoms with Gasteiger partial charge in [0.05, 0.1) is 10.6 Å². The van der Waals surface area contributed by atoms with Crippen LogP contribution in [0.3, 0.4) is 0 Å². The molecule has 1 aliphatic heterocycles. The molecule has 1 aliphatic rings. The zero-order chi connectivity index (χ0) is 23.4. The van der Waals surface area contributed by atoms with Gasteiger partial charge >= 0.3 is 6.03 Å². The van der Waals surface area contributed by atoms with E-state index in [-0.39, 0.29) is 33.6 Å². The maximum atomic E-state index is 14.4. The highest BCUT2D eigenvalue weighted by atomic mass is 35.5. The third kappa shape index (κ3) is 5.17. The fourth-order valence-corrected chi connectivity index (χ4v) is 4.09. The summed E-state index contributed by atoms with van der Waals surface area (Å²) in [6.45, 7) is 3.08. The second-order valence-electron chi connectivity index (χ2n) is 7.92. The van der Waals surface area contributed by atoms with Gasteiger partial charge in [0.2, 0.25) is 0 Å². The molecule has 0 radical (unpaired) electrons. The van der Waals surface area contributed by atoms with Gasteiger partial charge in [0.15, 0.2) is 0 Å². The summed E-state index contributed by atoms with van der Waals surface area (Å²) < 4.78 is 19.5. The highest BCUT2D eigenvalue weighted by Crippen LogP contribution is 2.33. The molecule has 172 valence electrons. The summed E-state index contributed by atoms with van der Waals surface area (Å²) in [6, 6.07) is 10.9. The Hall–Kier alpha value is -3.39. The maximum absolute atomic E-state index is 14.4. The summed E-state index contributed by atoms with van der Waals surface area (Å²) in [5.74, 6) is -0.873. The van der Waals surface area contributed by atoms with Crippen LogP contribution in [0.2, 0.25) is 5.02 Å². The lowest BCUT2D eigenvalue weighted by Gasteiger charge is -2.20. The Morgan fingerprint density at radius 2 is 1.64 bits per heavy atom. The molecule has 1 fully saturated rings. The van der Waals surface area contributed by atoms with E-state index in [1.165, 1.54) is 18.2 Å². The van der Waals surface area contributed by atoms with Crippen LogP contribution in [-0.2, 0) is 0 Å². The fraction of sp³-hybridized carbons (Fsp3) is 0.292. The molecule has 2 N–H and O–H groups in total. The van der Waals surface area contributed by atoms with E-state index in [9.17, 15) is 14.0 Å². The van der Waals surface area contributed by atoms with Crippen molar-refractivity contribution in [2.75, 3.05) is 23.7 Å². The number of nitrogens with one attached hydrogen (secondary N) is 2. The summed E-state index contributed by atoms with van der Waals surface area (Å²) in [4.78, 5) is 27.3. The summed E-state index contributed by atoms with van der Waals surface area (Å²) >= 11 is 6.14. The molecular formula is C24H24ClFN4O3. The molecule has 0 bridgehead atoms. The van der Waals surface area contributed by atoms with Gasteiger partial charge in [-0.1, -0.05) is 35.7 Å². The number of urea groups is 1. The number of carbonyl (C=O) groups is 2. The van der Waals surface area contributed by atoms with Gasteiger partial charge in [0, 0.05) is 24.5 Å². The molecule has 1 aromatic heterocycles. The van der Waals surface area contributed by atoms with Gasteiger partial charge in [-0.25, -0.2) is 9.18 Å². The summed E-state index contributed by atoms with van der Waals surface area (Å²) in [5, 5.41) is 9.63. The molecule has 33 heavy (non-hydrogen) atoms. The molecule has 2 aromatic carbocycles. The third-order valence-corrected chi connectivity index (χ3v) is 5.89. The quantitative estimate of drug-likeness (QED) is 0.482. The number of rotatable bonds is 4. The summed E-state index contributed by atoms with van der Waals surface area (Å²) in [7, 11) is 0. The second-order valence-corrected chi connectivity index (χ2v) is 8.33. The lowest BCUT2D eigenvalue weighted by atomic mass is 10.0. The normalized spacial score (nSPS) is 14.0. The number of halogens is 2. The highest BCUT2D eigenvalue weighted by molar-refractivity contribution is 6.33. The third-order valence-electron chi connectivity index (χ3n) is 5.58. The van der Waals surface area contributed by atoms with Crippen LogP contribution in [0.1, 0.15) is 41.8 Å². The Kier molecular flexibility index (Phi) is 6.93. The first-order chi connectivity index (χ1) is 15.9. The van der Waals surface area contributed by atoms with Crippen molar-refractivity contribution in [2.24, 2.45) is 0 Å². The summed E-state index contributed by atoms with van der Waals surface area (Å²) in [5.41, 5.74) is 1.27. The van der Waals surface area contributed by atoms with E-state index >= 15 is 0 Å². The molecule has 1 saturated heterocycles. The number of hydrogen-bond donors (Lipinski definition) is 2. The zero-order valence-electron chi connectivity index (χ0n) is 18.2. The van der Waals surface area contributed by atoms with Crippen LogP contribution in [0, 0.1) is 12.7 Å². The van der Waals surface area contributed by atoms with Crippen molar-refractivity contribution >= 4 is 34.9 Å². The van der Waals surface area contributed by atoms with Crippen molar-refractivity contribution in [3.05, 3.63) is 64.6 Å². The van der Waals surface area contributed by atoms with E-state index in [4.69, 9.17) is 16.1 Å². The Bertz CT molecular complexity index is 1130. The van der Waals surface area contributed by atoms with E-state index in [1.54, 1.807) is 31.2 Å². The van der Waals surface area contributed by atoms with Crippen molar-refractivity contribution in [3.8, 4) is 11.3 Å². The number of aromatic nitrogens is 1. The van der Waals surface area contributed by atoms with Crippen LogP contribution < -0.4 is 10.6 Å². The van der Waals surface area contributed by atoms with E-state index in [2.05, 4.69) is 15.8 Å².